The minimum atomic E-state index is -0.402. The molecule has 0 aliphatic heterocycles. The molecular weight excluding hydrogens is 261 g/mol. The van der Waals surface area contributed by atoms with Gasteiger partial charge in [-0.15, -0.1) is 0 Å². The lowest BCUT2D eigenvalue weighted by molar-refractivity contribution is 0.137. The van der Waals surface area contributed by atoms with Crippen molar-refractivity contribution in [2.45, 2.75) is 19.6 Å². The lowest BCUT2D eigenvalue weighted by atomic mass is 10.2. The van der Waals surface area contributed by atoms with Crippen LogP contribution in [0.5, 0.6) is 0 Å². The Morgan fingerprint density at radius 2 is 2.20 bits per heavy atom. The quantitative estimate of drug-likeness (QED) is 0.912. The number of benzene rings is 1. The van der Waals surface area contributed by atoms with Gasteiger partial charge in [-0.3, -0.25) is 4.90 Å². The molecule has 84 valence electrons. The number of halogens is 2. The molecule has 0 radical (unpaired) electrons. The molecule has 0 saturated carbocycles. The summed E-state index contributed by atoms with van der Waals surface area (Å²) in [5.74, 6) is -0.221. The second-order valence-electron chi connectivity index (χ2n) is 3.75. The van der Waals surface area contributed by atoms with Gasteiger partial charge < -0.3 is 5.11 Å². The van der Waals surface area contributed by atoms with Crippen LogP contribution in [0.4, 0.5) is 4.39 Å². The lowest BCUT2D eigenvalue weighted by Crippen LogP contribution is -2.27. The zero-order valence-electron chi connectivity index (χ0n) is 8.87. The summed E-state index contributed by atoms with van der Waals surface area (Å²) >= 11 is 3.31. The molecule has 0 aromatic heterocycles. The molecule has 0 saturated heterocycles. The first kappa shape index (κ1) is 12.6. The third kappa shape index (κ3) is 3.89. The highest BCUT2D eigenvalue weighted by Crippen LogP contribution is 2.20. The molecule has 0 fully saturated rings. The highest BCUT2D eigenvalue weighted by Gasteiger charge is 2.10. The van der Waals surface area contributed by atoms with Gasteiger partial charge in [0, 0.05) is 23.1 Å². The van der Waals surface area contributed by atoms with Crippen LogP contribution in [0.3, 0.4) is 0 Å². The van der Waals surface area contributed by atoms with E-state index in [0.717, 1.165) is 4.47 Å². The summed E-state index contributed by atoms with van der Waals surface area (Å²) in [5, 5.41) is 9.19. The van der Waals surface area contributed by atoms with Crippen LogP contribution in [0.15, 0.2) is 22.7 Å². The molecule has 1 atom stereocenters. The SMILES string of the molecule is CC(O)CN(C)Cc1c(F)cccc1Br. The van der Waals surface area contributed by atoms with Crippen molar-refractivity contribution in [2.75, 3.05) is 13.6 Å². The number of hydrogen-bond donors (Lipinski definition) is 1. The molecule has 1 aromatic carbocycles. The maximum absolute atomic E-state index is 13.4. The number of likely N-dealkylation sites (N-methyl/N-ethyl adjacent to an activating group) is 1. The number of rotatable bonds is 4. The van der Waals surface area contributed by atoms with E-state index in [4.69, 9.17) is 0 Å². The van der Waals surface area contributed by atoms with Crippen molar-refractivity contribution < 1.29 is 9.50 Å². The summed E-state index contributed by atoms with van der Waals surface area (Å²) < 4.78 is 14.2. The topological polar surface area (TPSA) is 23.5 Å². The van der Waals surface area contributed by atoms with Gasteiger partial charge in [-0.25, -0.2) is 4.39 Å². The summed E-state index contributed by atoms with van der Waals surface area (Å²) in [7, 11) is 1.85. The molecule has 0 aliphatic rings. The zero-order valence-corrected chi connectivity index (χ0v) is 10.5. The number of nitrogens with zero attached hydrogens (tertiary/aromatic N) is 1. The highest BCUT2D eigenvalue weighted by atomic mass is 79.9. The van der Waals surface area contributed by atoms with E-state index >= 15 is 0 Å². The van der Waals surface area contributed by atoms with Gasteiger partial charge in [-0.2, -0.15) is 0 Å². The van der Waals surface area contributed by atoms with Gasteiger partial charge in [-0.1, -0.05) is 22.0 Å². The van der Waals surface area contributed by atoms with Gasteiger partial charge in [-0.05, 0) is 26.1 Å². The number of hydrogen-bond acceptors (Lipinski definition) is 2. The van der Waals surface area contributed by atoms with Crippen LogP contribution < -0.4 is 0 Å². The van der Waals surface area contributed by atoms with E-state index in [1.165, 1.54) is 6.07 Å². The van der Waals surface area contributed by atoms with E-state index in [9.17, 15) is 9.50 Å². The van der Waals surface area contributed by atoms with Crippen LogP contribution in [0, 0.1) is 5.82 Å². The molecule has 0 bridgehead atoms. The highest BCUT2D eigenvalue weighted by molar-refractivity contribution is 9.10. The molecule has 1 rings (SSSR count). The minimum Gasteiger partial charge on any atom is -0.392 e. The van der Waals surface area contributed by atoms with Crippen LogP contribution >= 0.6 is 15.9 Å². The van der Waals surface area contributed by atoms with Gasteiger partial charge in [0.15, 0.2) is 0 Å². The monoisotopic (exact) mass is 275 g/mol. The molecule has 1 N–H and O–H groups in total. The second kappa shape index (κ2) is 5.58. The first-order chi connectivity index (χ1) is 7.00. The molecule has 0 aliphatic carbocycles. The molecule has 1 unspecified atom stereocenters. The molecule has 2 nitrogen and oxygen atoms in total. The Labute approximate surface area is 97.8 Å². The van der Waals surface area contributed by atoms with Crippen LogP contribution in [0.1, 0.15) is 12.5 Å². The van der Waals surface area contributed by atoms with E-state index in [1.54, 1.807) is 13.0 Å². The van der Waals surface area contributed by atoms with Crippen molar-refractivity contribution in [1.29, 1.82) is 0 Å². The molecular formula is C11H15BrFNO. The fraction of sp³-hybridized carbons (Fsp3) is 0.455. The van der Waals surface area contributed by atoms with Crippen molar-refractivity contribution in [3.63, 3.8) is 0 Å². The lowest BCUT2D eigenvalue weighted by Gasteiger charge is -2.19. The summed E-state index contributed by atoms with van der Waals surface area (Å²) in [4.78, 5) is 1.88. The third-order valence-corrected chi connectivity index (χ3v) is 2.81. The first-order valence-electron chi connectivity index (χ1n) is 4.80. The minimum absolute atomic E-state index is 0.221. The van der Waals surface area contributed by atoms with Crippen molar-refractivity contribution in [1.82, 2.24) is 4.90 Å². The smallest absolute Gasteiger partial charge is 0.128 e. The third-order valence-electron chi connectivity index (χ3n) is 2.07. The van der Waals surface area contributed by atoms with Gasteiger partial charge in [0.1, 0.15) is 5.82 Å². The standard InChI is InChI=1S/C11H15BrFNO/c1-8(15)6-14(2)7-9-10(12)4-3-5-11(9)13/h3-5,8,15H,6-7H2,1-2H3. The maximum atomic E-state index is 13.4. The Balaban J connectivity index is 2.71. The van der Waals surface area contributed by atoms with Crippen LogP contribution in [-0.2, 0) is 6.54 Å². The zero-order chi connectivity index (χ0) is 11.4. The van der Waals surface area contributed by atoms with Crippen molar-refractivity contribution in [3.05, 3.63) is 34.1 Å². The fourth-order valence-electron chi connectivity index (χ4n) is 1.47. The Bertz CT molecular complexity index is 310. The Morgan fingerprint density at radius 1 is 1.53 bits per heavy atom. The average Bonchev–Trinajstić information content (AvgIpc) is 2.10. The Hall–Kier alpha value is -0.450. The van der Waals surface area contributed by atoms with Gasteiger partial charge in [0.2, 0.25) is 0 Å². The Kier molecular flexibility index (Phi) is 4.70. The van der Waals surface area contributed by atoms with Gasteiger partial charge in [0.05, 0.1) is 6.10 Å². The van der Waals surface area contributed by atoms with E-state index < -0.39 is 6.10 Å². The molecule has 4 heteroatoms. The summed E-state index contributed by atoms with van der Waals surface area (Å²) in [6.45, 7) is 2.73. The van der Waals surface area contributed by atoms with E-state index in [1.807, 2.05) is 18.0 Å². The van der Waals surface area contributed by atoms with E-state index in [-0.39, 0.29) is 5.82 Å². The maximum Gasteiger partial charge on any atom is 0.128 e. The van der Waals surface area contributed by atoms with E-state index in [2.05, 4.69) is 15.9 Å². The summed E-state index contributed by atoms with van der Waals surface area (Å²) in [6.07, 6.45) is -0.402. The first-order valence-corrected chi connectivity index (χ1v) is 5.59. The van der Waals surface area contributed by atoms with Crippen molar-refractivity contribution in [2.24, 2.45) is 0 Å². The number of aliphatic hydroxyl groups excluding tert-OH is 1. The van der Waals surface area contributed by atoms with Gasteiger partial charge in [0.25, 0.3) is 0 Å². The number of aliphatic hydroxyl groups is 1. The summed E-state index contributed by atoms with van der Waals surface area (Å²) in [5.41, 5.74) is 0.626. The molecule has 0 spiro atoms. The molecule has 0 heterocycles. The predicted octanol–water partition coefficient (Wildman–Crippen LogP) is 2.40. The van der Waals surface area contributed by atoms with Crippen molar-refractivity contribution in [3.8, 4) is 0 Å². The Morgan fingerprint density at radius 3 is 2.73 bits per heavy atom. The molecule has 1 aromatic rings. The fourth-order valence-corrected chi connectivity index (χ4v) is 1.94. The molecule has 0 amide bonds. The average molecular weight is 276 g/mol. The molecule has 15 heavy (non-hydrogen) atoms. The van der Waals surface area contributed by atoms with Crippen LogP contribution in [-0.4, -0.2) is 29.7 Å². The van der Waals surface area contributed by atoms with Crippen LogP contribution in [0.2, 0.25) is 0 Å². The van der Waals surface area contributed by atoms with E-state index in [0.29, 0.717) is 18.7 Å². The summed E-state index contributed by atoms with van der Waals surface area (Å²) in [6, 6.07) is 4.92. The largest absolute Gasteiger partial charge is 0.392 e. The van der Waals surface area contributed by atoms with Crippen molar-refractivity contribution >= 4 is 15.9 Å². The van der Waals surface area contributed by atoms with Gasteiger partial charge >= 0.3 is 0 Å². The second-order valence-corrected chi connectivity index (χ2v) is 4.60. The normalized spacial score (nSPS) is 13.2. The predicted molar refractivity (Wildman–Crippen MR) is 62.1 cm³/mol. The van der Waals surface area contributed by atoms with Crippen LogP contribution in [0.25, 0.3) is 0 Å².